The van der Waals surface area contributed by atoms with E-state index in [2.05, 4.69) is 83.7 Å². The number of hydrogen-bond donors (Lipinski definition) is 1. The first-order valence-corrected chi connectivity index (χ1v) is 10.1. The van der Waals surface area contributed by atoms with Crippen LogP contribution >= 0.6 is 0 Å². The van der Waals surface area contributed by atoms with Crippen LogP contribution in [-0.4, -0.2) is 16.9 Å². The van der Waals surface area contributed by atoms with Crippen molar-refractivity contribution in [3.8, 4) is 16.9 Å². The normalized spacial score (nSPS) is 15.1. The summed E-state index contributed by atoms with van der Waals surface area (Å²) in [5, 5.41) is 8.59. The minimum atomic E-state index is -0.0153. The largest absolute Gasteiger partial charge is 0.497 e. The first-order chi connectivity index (χ1) is 14.7. The third-order valence-electron chi connectivity index (χ3n) is 5.53. The summed E-state index contributed by atoms with van der Waals surface area (Å²) in [4.78, 5) is 0. The molecular weight excluding hydrogens is 370 g/mol. The molecule has 1 aromatic heterocycles. The fourth-order valence-electron chi connectivity index (χ4n) is 4.04. The summed E-state index contributed by atoms with van der Waals surface area (Å²) in [6.07, 6.45) is 2.24. The van der Waals surface area contributed by atoms with Crippen molar-refractivity contribution in [3.63, 3.8) is 0 Å². The second-order valence-corrected chi connectivity index (χ2v) is 7.41. The number of rotatable bonds is 4. The molecule has 0 saturated carbocycles. The standard InChI is InChI=1S/C26H23N3O/c1-18-25(21-11-7-4-8-12-21)26-27-23(19-9-5-3-6-10-19)17-24(29(26)28-18)20-13-15-22(30-2)16-14-20/h3-17,24,27H,1-2H3/t24-/m0/s1. The highest BCUT2D eigenvalue weighted by Gasteiger charge is 2.27. The molecule has 2 heterocycles. The van der Waals surface area contributed by atoms with Gasteiger partial charge in [-0.1, -0.05) is 72.8 Å². The fraction of sp³-hybridized carbons (Fsp3) is 0.115. The van der Waals surface area contributed by atoms with E-state index in [0.29, 0.717) is 0 Å². The highest BCUT2D eigenvalue weighted by Crippen LogP contribution is 2.40. The van der Waals surface area contributed by atoms with E-state index in [4.69, 9.17) is 9.84 Å². The van der Waals surface area contributed by atoms with Crippen molar-refractivity contribution in [2.75, 3.05) is 12.4 Å². The molecule has 0 spiro atoms. The fourth-order valence-corrected chi connectivity index (χ4v) is 4.04. The van der Waals surface area contributed by atoms with Gasteiger partial charge in [0.05, 0.1) is 18.8 Å². The van der Waals surface area contributed by atoms with Gasteiger partial charge in [-0.05, 0) is 41.8 Å². The molecule has 1 aliphatic heterocycles. The van der Waals surface area contributed by atoms with Crippen LogP contribution in [0.1, 0.15) is 22.9 Å². The number of allylic oxidation sites excluding steroid dienone is 1. The molecule has 0 aliphatic carbocycles. The topological polar surface area (TPSA) is 39.1 Å². The zero-order valence-corrected chi connectivity index (χ0v) is 17.0. The average molecular weight is 393 g/mol. The van der Waals surface area contributed by atoms with E-state index < -0.39 is 0 Å². The summed E-state index contributed by atoms with van der Waals surface area (Å²) >= 11 is 0. The van der Waals surface area contributed by atoms with E-state index in [1.54, 1.807) is 7.11 Å². The predicted octanol–water partition coefficient (Wildman–Crippen LogP) is 5.92. The van der Waals surface area contributed by atoms with Crippen molar-refractivity contribution in [1.82, 2.24) is 9.78 Å². The third-order valence-corrected chi connectivity index (χ3v) is 5.53. The van der Waals surface area contributed by atoms with Gasteiger partial charge in [-0.2, -0.15) is 5.10 Å². The van der Waals surface area contributed by atoms with Crippen LogP contribution in [0.25, 0.3) is 16.8 Å². The zero-order valence-electron chi connectivity index (χ0n) is 17.0. The first kappa shape index (κ1) is 18.3. The number of hydrogen-bond acceptors (Lipinski definition) is 3. The quantitative estimate of drug-likeness (QED) is 0.467. The molecule has 4 nitrogen and oxygen atoms in total. The Balaban J connectivity index is 1.68. The van der Waals surface area contributed by atoms with Gasteiger partial charge in [0.15, 0.2) is 0 Å². The van der Waals surface area contributed by atoms with Crippen molar-refractivity contribution in [2.24, 2.45) is 0 Å². The molecule has 4 heteroatoms. The highest BCUT2D eigenvalue weighted by atomic mass is 16.5. The predicted molar refractivity (Wildman–Crippen MR) is 122 cm³/mol. The van der Waals surface area contributed by atoms with Crippen LogP contribution in [0.2, 0.25) is 0 Å². The molecule has 0 amide bonds. The van der Waals surface area contributed by atoms with E-state index in [-0.39, 0.29) is 6.04 Å². The van der Waals surface area contributed by atoms with Gasteiger partial charge in [-0.3, -0.25) is 0 Å². The van der Waals surface area contributed by atoms with Crippen molar-refractivity contribution in [2.45, 2.75) is 13.0 Å². The lowest BCUT2D eigenvalue weighted by atomic mass is 9.99. The first-order valence-electron chi connectivity index (χ1n) is 10.1. The lowest BCUT2D eigenvalue weighted by Crippen LogP contribution is -2.20. The van der Waals surface area contributed by atoms with Gasteiger partial charge in [-0.25, -0.2) is 4.68 Å². The molecule has 148 valence electrons. The van der Waals surface area contributed by atoms with Gasteiger partial charge in [0.2, 0.25) is 0 Å². The van der Waals surface area contributed by atoms with E-state index in [9.17, 15) is 0 Å². The lowest BCUT2D eigenvalue weighted by molar-refractivity contribution is 0.414. The monoisotopic (exact) mass is 393 g/mol. The van der Waals surface area contributed by atoms with Crippen LogP contribution in [0, 0.1) is 6.92 Å². The summed E-state index contributed by atoms with van der Waals surface area (Å²) < 4.78 is 7.44. The maximum Gasteiger partial charge on any atom is 0.138 e. The van der Waals surface area contributed by atoms with Gasteiger partial charge < -0.3 is 10.1 Å². The molecule has 0 bridgehead atoms. The molecule has 0 radical (unpaired) electrons. The maximum atomic E-state index is 5.35. The van der Waals surface area contributed by atoms with Gasteiger partial charge in [-0.15, -0.1) is 0 Å². The summed E-state index contributed by atoms with van der Waals surface area (Å²) in [6.45, 7) is 2.07. The van der Waals surface area contributed by atoms with Crippen LogP contribution in [-0.2, 0) is 0 Å². The van der Waals surface area contributed by atoms with Gasteiger partial charge in [0, 0.05) is 11.3 Å². The summed E-state index contributed by atoms with van der Waals surface area (Å²) in [6, 6.07) is 29.1. The Labute approximate surface area is 176 Å². The number of benzene rings is 3. The number of nitrogens with zero attached hydrogens (tertiary/aromatic N) is 2. The van der Waals surface area contributed by atoms with Crippen molar-refractivity contribution in [1.29, 1.82) is 0 Å². The van der Waals surface area contributed by atoms with Gasteiger partial charge >= 0.3 is 0 Å². The second kappa shape index (κ2) is 7.56. The molecule has 0 saturated heterocycles. The molecule has 3 aromatic carbocycles. The van der Waals surface area contributed by atoms with Crippen LogP contribution in [0.3, 0.4) is 0 Å². The minimum Gasteiger partial charge on any atom is -0.497 e. The Morgan fingerprint density at radius 3 is 2.10 bits per heavy atom. The molecule has 4 aromatic rings. The van der Waals surface area contributed by atoms with Crippen molar-refractivity contribution < 1.29 is 4.74 Å². The number of aryl methyl sites for hydroxylation is 1. The zero-order chi connectivity index (χ0) is 20.5. The van der Waals surface area contributed by atoms with Crippen LogP contribution in [0.15, 0.2) is 91.0 Å². The van der Waals surface area contributed by atoms with Crippen LogP contribution < -0.4 is 10.1 Å². The Morgan fingerprint density at radius 1 is 0.833 bits per heavy atom. The molecule has 5 rings (SSSR count). The number of aromatic nitrogens is 2. The van der Waals surface area contributed by atoms with E-state index >= 15 is 0 Å². The van der Waals surface area contributed by atoms with E-state index in [1.807, 2.05) is 24.3 Å². The Kier molecular flexibility index (Phi) is 4.60. The minimum absolute atomic E-state index is 0.0153. The molecule has 1 aliphatic rings. The summed E-state index contributed by atoms with van der Waals surface area (Å²) in [7, 11) is 1.69. The number of anilines is 1. The van der Waals surface area contributed by atoms with Crippen LogP contribution in [0.5, 0.6) is 5.75 Å². The Bertz CT molecular complexity index is 1190. The lowest BCUT2D eigenvalue weighted by Gasteiger charge is -2.26. The third kappa shape index (κ3) is 3.16. The van der Waals surface area contributed by atoms with Crippen LogP contribution in [0.4, 0.5) is 5.82 Å². The molecule has 0 unspecified atom stereocenters. The Hall–Kier alpha value is -3.79. The average Bonchev–Trinajstić information content (AvgIpc) is 3.15. The molecule has 0 fully saturated rings. The van der Waals surface area contributed by atoms with Gasteiger partial charge in [0.1, 0.15) is 11.6 Å². The molecular formula is C26H23N3O. The summed E-state index contributed by atoms with van der Waals surface area (Å²) in [5.41, 5.74) is 6.70. The van der Waals surface area contributed by atoms with E-state index in [0.717, 1.165) is 45.2 Å². The number of fused-ring (bicyclic) bond motifs is 1. The number of methoxy groups -OCH3 is 1. The van der Waals surface area contributed by atoms with Gasteiger partial charge in [0.25, 0.3) is 0 Å². The van der Waals surface area contributed by atoms with E-state index in [1.165, 1.54) is 0 Å². The van der Waals surface area contributed by atoms with Crippen molar-refractivity contribution in [3.05, 3.63) is 108 Å². The molecule has 1 N–H and O–H groups in total. The number of nitrogens with one attached hydrogen (secondary N) is 1. The second-order valence-electron chi connectivity index (χ2n) is 7.41. The van der Waals surface area contributed by atoms with Crippen molar-refractivity contribution >= 4 is 11.5 Å². The summed E-state index contributed by atoms with van der Waals surface area (Å²) in [5.74, 6) is 1.86. The SMILES string of the molecule is COc1ccc([C@@H]2C=C(c3ccccc3)Nc3c(-c4ccccc4)c(C)nn32)cc1. The number of ether oxygens (including phenoxy) is 1. The maximum absolute atomic E-state index is 5.35. The Morgan fingerprint density at radius 2 is 1.47 bits per heavy atom. The molecule has 30 heavy (non-hydrogen) atoms. The smallest absolute Gasteiger partial charge is 0.138 e. The highest BCUT2D eigenvalue weighted by molar-refractivity contribution is 5.87. The molecule has 1 atom stereocenters.